The van der Waals surface area contributed by atoms with Crippen LogP contribution >= 0.6 is 0 Å². The Kier molecular flexibility index (Phi) is 53.4. The van der Waals surface area contributed by atoms with Gasteiger partial charge in [0.15, 0.2) is 0 Å². The Morgan fingerprint density at radius 2 is 1.55 bits per heavy atom. The van der Waals surface area contributed by atoms with Crippen LogP contribution in [0.4, 0.5) is 0 Å². The number of nitrogens with one attached hydrogen (secondary N) is 1. The zero-order valence-corrected chi connectivity index (χ0v) is 8.22. The third-order valence-corrected chi connectivity index (χ3v) is 0.494. The molecule has 0 aliphatic carbocycles. The van der Waals surface area contributed by atoms with E-state index in [2.05, 4.69) is 29.0 Å². The summed E-state index contributed by atoms with van der Waals surface area (Å²) in [5, 5.41) is 3.35. The van der Waals surface area contributed by atoms with Gasteiger partial charge >= 0.3 is 0 Å². The number of hydrogen-bond acceptors (Lipinski definition) is 3. The molecule has 0 unspecified atom stereocenters. The van der Waals surface area contributed by atoms with Crippen LogP contribution in [0.2, 0.25) is 0 Å². The fourth-order valence-corrected chi connectivity index (χ4v) is 0.112. The Bertz CT molecular complexity index is 62.4. The van der Waals surface area contributed by atoms with Crippen molar-refractivity contribution in [1.82, 2.24) is 5.43 Å². The highest BCUT2D eigenvalue weighted by Crippen LogP contribution is 1.50. The Balaban J connectivity index is -0.0000000965. The van der Waals surface area contributed by atoms with Gasteiger partial charge in [0, 0.05) is 19.8 Å². The molecule has 0 aromatic rings. The zero-order chi connectivity index (χ0) is 9.54. The van der Waals surface area contributed by atoms with Crippen LogP contribution in [0.25, 0.3) is 0 Å². The van der Waals surface area contributed by atoms with Gasteiger partial charge in [-0.05, 0) is 20.6 Å². The summed E-state index contributed by atoms with van der Waals surface area (Å²) in [6, 6.07) is 0. The van der Waals surface area contributed by atoms with E-state index in [4.69, 9.17) is 0 Å². The first kappa shape index (κ1) is 16.6. The average Bonchev–Trinajstić information content (AvgIpc) is 2.10. The van der Waals surface area contributed by atoms with Crippen LogP contribution in [0.15, 0.2) is 10.1 Å². The minimum Gasteiger partial charge on any atom is -0.311 e. The van der Waals surface area contributed by atoms with E-state index in [0.717, 1.165) is 13.1 Å². The SMILES string of the molecule is C=NCC.C=NNCC.CC. The lowest BCUT2D eigenvalue weighted by Gasteiger charge is -1.82. The normalized spacial score (nSPS) is 5.82. The Labute approximate surface area is 70.6 Å². The van der Waals surface area contributed by atoms with Crippen LogP contribution in [0.3, 0.4) is 0 Å². The second kappa shape index (κ2) is 35.3. The van der Waals surface area contributed by atoms with Gasteiger partial charge in [-0.25, -0.2) is 0 Å². The summed E-state index contributed by atoms with van der Waals surface area (Å²) in [5.41, 5.74) is 2.62. The fourth-order valence-electron chi connectivity index (χ4n) is 0.112. The quantitative estimate of drug-likeness (QED) is 0.496. The minimum absolute atomic E-state index is 0.833. The van der Waals surface area contributed by atoms with Crippen molar-refractivity contribution in [1.29, 1.82) is 0 Å². The van der Waals surface area contributed by atoms with Crippen LogP contribution in [-0.2, 0) is 0 Å². The molecule has 0 rings (SSSR count). The molecule has 3 heteroatoms. The van der Waals surface area contributed by atoms with Gasteiger partial charge in [0.2, 0.25) is 0 Å². The largest absolute Gasteiger partial charge is 0.311 e. The molecule has 0 heterocycles. The predicted molar refractivity (Wildman–Crippen MR) is 54.7 cm³/mol. The van der Waals surface area contributed by atoms with Crippen LogP contribution in [0.1, 0.15) is 27.7 Å². The Morgan fingerprint density at radius 3 is 1.55 bits per heavy atom. The van der Waals surface area contributed by atoms with E-state index in [1.807, 2.05) is 27.7 Å². The van der Waals surface area contributed by atoms with Gasteiger partial charge in [0.05, 0.1) is 0 Å². The molecule has 11 heavy (non-hydrogen) atoms. The summed E-state index contributed by atoms with van der Waals surface area (Å²) in [7, 11) is 0. The van der Waals surface area contributed by atoms with Gasteiger partial charge in [-0.15, -0.1) is 0 Å². The lowest BCUT2D eigenvalue weighted by molar-refractivity contribution is 0.791. The molecule has 0 aromatic carbocycles. The van der Waals surface area contributed by atoms with Crippen molar-refractivity contribution in [3.05, 3.63) is 0 Å². The van der Waals surface area contributed by atoms with E-state index >= 15 is 0 Å². The molecule has 0 fully saturated rings. The highest BCUT2D eigenvalue weighted by molar-refractivity contribution is 5.22. The van der Waals surface area contributed by atoms with E-state index < -0.39 is 0 Å². The third kappa shape index (κ3) is 102. The van der Waals surface area contributed by atoms with Crippen LogP contribution in [-0.4, -0.2) is 26.5 Å². The molecule has 0 aliphatic rings. The van der Waals surface area contributed by atoms with Crippen LogP contribution < -0.4 is 5.43 Å². The predicted octanol–water partition coefficient (Wildman–Crippen LogP) is 1.94. The fraction of sp³-hybridized carbons (Fsp3) is 0.750. The molecule has 0 aromatic heterocycles. The van der Waals surface area contributed by atoms with Crippen LogP contribution in [0.5, 0.6) is 0 Å². The monoisotopic (exact) mass is 159 g/mol. The molecule has 0 bridgehead atoms. The van der Waals surface area contributed by atoms with Gasteiger partial charge in [-0.2, -0.15) is 5.10 Å². The highest BCUT2D eigenvalue weighted by atomic mass is 15.3. The summed E-state index contributed by atoms with van der Waals surface area (Å²) < 4.78 is 0. The number of hydrogen-bond donors (Lipinski definition) is 1. The van der Waals surface area contributed by atoms with E-state index in [0.29, 0.717) is 0 Å². The van der Waals surface area contributed by atoms with E-state index in [9.17, 15) is 0 Å². The van der Waals surface area contributed by atoms with Crippen molar-refractivity contribution in [3.63, 3.8) is 0 Å². The number of aliphatic imine (C=N–C) groups is 1. The van der Waals surface area contributed by atoms with Gasteiger partial charge in [-0.1, -0.05) is 13.8 Å². The molecule has 0 aliphatic heterocycles. The van der Waals surface area contributed by atoms with E-state index in [1.165, 1.54) is 0 Å². The highest BCUT2D eigenvalue weighted by Gasteiger charge is 1.54. The number of nitrogens with zero attached hydrogens (tertiary/aromatic N) is 2. The molecular formula is C8H21N3. The number of hydrazone groups is 1. The van der Waals surface area contributed by atoms with Crippen LogP contribution in [0, 0.1) is 0 Å². The summed E-state index contributed by atoms with van der Waals surface area (Å²) in [6.07, 6.45) is 0. The topological polar surface area (TPSA) is 36.8 Å². The Hall–Kier alpha value is -0.860. The molecule has 68 valence electrons. The molecule has 0 radical (unpaired) electrons. The Morgan fingerprint density at radius 1 is 1.18 bits per heavy atom. The lowest BCUT2D eigenvalue weighted by atomic mass is 10.8. The molecule has 0 spiro atoms. The molecule has 1 N–H and O–H groups in total. The number of rotatable bonds is 3. The molecule has 0 atom stereocenters. The van der Waals surface area contributed by atoms with Gasteiger partial charge in [-0.3, -0.25) is 0 Å². The molecule has 3 nitrogen and oxygen atoms in total. The van der Waals surface area contributed by atoms with E-state index in [1.54, 1.807) is 0 Å². The smallest absolute Gasteiger partial charge is 0.0353 e. The van der Waals surface area contributed by atoms with Crippen molar-refractivity contribution >= 4 is 13.4 Å². The minimum atomic E-state index is 0.833. The summed E-state index contributed by atoms with van der Waals surface area (Å²) >= 11 is 0. The van der Waals surface area contributed by atoms with Crippen molar-refractivity contribution in [3.8, 4) is 0 Å². The molecule has 0 saturated heterocycles. The second-order valence-corrected chi connectivity index (χ2v) is 1.21. The van der Waals surface area contributed by atoms with Crippen molar-refractivity contribution in [2.45, 2.75) is 27.7 Å². The van der Waals surface area contributed by atoms with Crippen molar-refractivity contribution in [2.75, 3.05) is 13.1 Å². The van der Waals surface area contributed by atoms with E-state index in [-0.39, 0.29) is 0 Å². The average molecular weight is 159 g/mol. The first-order valence-corrected chi connectivity index (χ1v) is 3.94. The second-order valence-electron chi connectivity index (χ2n) is 1.21. The van der Waals surface area contributed by atoms with Crippen molar-refractivity contribution in [2.24, 2.45) is 10.1 Å². The standard InChI is InChI=1S/C3H8N2.C3H7N.C2H6/c1-3-5-4-2;1-3-4-2;1-2/h5H,2-3H2,1H3;2-3H2,1H3;1-2H3. The summed E-state index contributed by atoms with van der Waals surface area (Å²) in [5.74, 6) is 0. The van der Waals surface area contributed by atoms with Gasteiger partial charge < -0.3 is 10.4 Å². The summed E-state index contributed by atoms with van der Waals surface area (Å²) in [6.45, 7) is 16.0. The maximum atomic E-state index is 3.49. The first-order valence-electron chi connectivity index (χ1n) is 3.94. The molecular weight excluding hydrogens is 138 g/mol. The molecule has 0 saturated carbocycles. The van der Waals surface area contributed by atoms with Gasteiger partial charge in [0.25, 0.3) is 0 Å². The van der Waals surface area contributed by atoms with Gasteiger partial charge in [0.1, 0.15) is 0 Å². The summed E-state index contributed by atoms with van der Waals surface area (Å²) in [4.78, 5) is 3.49. The first-order chi connectivity index (χ1) is 5.33. The maximum Gasteiger partial charge on any atom is 0.0353 e. The maximum absolute atomic E-state index is 3.49. The third-order valence-electron chi connectivity index (χ3n) is 0.494. The van der Waals surface area contributed by atoms with Crippen molar-refractivity contribution < 1.29 is 0 Å². The molecule has 0 amide bonds. The lowest BCUT2D eigenvalue weighted by Crippen LogP contribution is -1.99. The zero-order valence-electron chi connectivity index (χ0n) is 8.22.